The van der Waals surface area contributed by atoms with E-state index in [2.05, 4.69) is 0 Å². The van der Waals surface area contributed by atoms with E-state index < -0.39 is 5.97 Å². The van der Waals surface area contributed by atoms with Gasteiger partial charge in [0, 0.05) is 26.2 Å². The van der Waals surface area contributed by atoms with Crippen molar-refractivity contribution in [3.05, 3.63) is 35.9 Å². The zero-order valence-electron chi connectivity index (χ0n) is 15.6. The number of benzene rings is 1. The Balaban J connectivity index is 1.33. The number of piperidine rings is 2. The third-order valence-electron chi connectivity index (χ3n) is 5.18. The Morgan fingerprint density at radius 3 is 2.15 bits per heavy atom. The van der Waals surface area contributed by atoms with E-state index in [1.54, 1.807) is 4.90 Å². The second kappa shape index (κ2) is 9.71. The van der Waals surface area contributed by atoms with Gasteiger partial charge in [0.15, 0.2) is 0 Å². The van der Waals surface area contributed by atoms with Crippen molar-refractivity contribution in [1.29, 1.82) is 0 Å². The van der Waals surface area contributed by atoms with Crippen LogP contribution in [0.1, 0.15) is 31.2 Å². The molecule has 2 aliphatic rings. The van der Waals surface area contributed by atoms with E-state index in [0.29, 0.717) is 19.7 Å². The van der Waals surface area contributed by atoms with Crippen LogP contribution in [-0.2, 0) is 20.9 Å². The molecule has 1 amide bonds. The Kier molecular flexibility index (Phi) is 7.06. The van der Waals surface area contributed by atoms with Gasteiger partial charge in [0.1, 0.15) is 6.61 Å². The number of hydrogen-bond acceptors (Lipinski definition) is 5. The number of likely N-dealkylation sites (tertiary alicyclic amines) is 2. The van der Waals surface area contributed by atoms with E-state index in [4.69, 9.17) is 14.6 Å². The summed E-state index contributed by atoms with van der Waals surface area (Å²) in [5.41, 5.74) is 0.985. The molecule has 2 aliphatic heterocycles. The minimum atomic E-state index is -0.777. The first-order chi connectivity index (χ1) is 13.1. The number of aliphatic carboxylic acids is 1. The van der Waals surface area contributed by atoms with Crippen LogP contribution in [0.25, 0.3) is 0 Å². The second-order valence-electron chi connectivity index (χ2n) is 7.23. The number of carbonyl (C=O) groups excluding carboxylic acids is 1. The van der Waals surface area contributed by atoms with E-state index >= 15 is 0 Å². The van der Waals surface area contributed by atoms with Crippen molar-refractivity contribution in [2.75, 3.05) is 32.7 Å². The minimum absolute atomic E-state index is 0.107. The molecule has 0 atom stereocenters. The van der Waals surface area contributed by atoms with Gasteiger partial charge in [-0.3, -0.25) is 9.69 Å². The number of carboxylic acid groups (broad SMARTS) is 1. The highest BCUT2D eigenvalue weighted by Crippen LogP contribution is 2.21. The fraction of sp³-hybridized carbons (Fsp3) is 0.600. The molecule has 1 N–H and O–H groups in total. The molecule has 7 heteroatoms. The Bertz CT molecular complexity index is 608. The molecule has 0 bridgehead atoms. The lowest BCUT2D eigenvalue weighted by Gasteiger charge is -2.36. The zero-order valence-corrected chi connectivity index (χ0v) is 15.6. The number of rotatable bonds is 6. The minimum Gasteiger partial charge on any atom is -0.480 e. The van der Waals surface area contributed by atoms with Gasteiger partial charge < -0.3 is 19.5 Å². The highest BCUT2D eigenvalue weighted by Gasteiger charge is 2.28. The van der Waals surface area contributed by atoms with E-state index in [0.717, 1.165) is 44.3 Å². The van der Waals surface area contributed by atoms with Gasteiger partial charge >= 0.3 is 12.1 Å². The Labute approximate surface area is 159 Å². The van der Waals surface area contributed by atoms with Crippen molar-refractivity contribution in [3.63, 3.8) is 0 Å². The average Bonchev–Trinajstić information content (AvgIpc) is 2.69. The van der Waals surface area contributed by atoms with Crippen LogP contribution in [0.5, 0.6) is 0 Å². The number of carboxylic acids is 1. The monoisotopic (exact) mass is 376 g/mol. The molecule has 0 aliphatic carbocycles. The molecule has 2 saturated heterocycles. The number of nitrogens with zero attached hydrogens (tertiary/aromatic N) is 2. The number of amides is 1. The Hall–Kier alpha value is -2.12. The molecule has 0 aromatic heterocycles. The van der Waals surface area contributed by atoms with Crippen molar-refractivity contribution in [2.45, 2.75) is 44.5 Å². The SMILES string of the molecule is O=C(O)CN1CCC(OC2CCN(C(=O)OCc3ccccc3)CC2)CC1. The maximum Gasteiger partial charge on any atom is 0.410 e. The van der Waals surface area contributed by atoms with Crippen LogP contribution in [0.3, 0.4) is 0 Å². The van der Waals surface area contributed by atoms with Gasteiger partial charge in [-0.05, 0) is 31.2 Å². The third-order valence-corrected chi connectivity index (χ3v) is 5.18. The molecule has 0 radical (unpaired) electrons. The molecule has 0 spiro atoms. The van der Waals surface area contributed by atoms with E-state index in [9.17, 15) is 9.59 Å². The van der Waals surface area contributed by atoms with Gasteiger partial charge in [-0.15, -0.1) is 0 Å². The molecule has 148 valence electrons. The van der Waals surface area contributed by atoms with Gasteiger partial charge in [0.2, 0.25) is 0 Å². The maximum absolute atomic E-state index is 12.2. The smallest absolute Gasteiger partial charge is 0.410 e. The summed E-state index contributed by atoms with van der Waals surface area (Å²) in [7, 11) is 0. The van der Waals surface area contributed by atoms with Crippen molar-refractivity contribution >= 4 is 12.1 Å². The van der Waals surface area contributed by atoms with Crippen LogP contribution in [0.4, 0.5) is 4.79 Å². The fourth-order valence-electron chi connectivity index (χ4n) is 3.65. The molecular formula is C20H28N2O5. The molecule has 0 saturated carbocycles. The summed E-state index contributed by atoms with van der Waals surface area (Å²) < 4.78 is 11.6. The molecule has 7 nitrogen and oxygen atoms in total. The lowest BCUT2D eigenvalue weighted by atomic mass is 10.0. The van der Waals surface area contributed by atoms with Gasteiger partial charge in [0.05, 0.1) is 18.8 Å². The lowest BCUT2D eigenvalue weighted by Crippen LogP contribution is -2.44. The van der Waals surface area contributed by atoms with Gasteiger partial charge in [-0.2, -0.15) is 0 Å². The zero-order chi connectivity index (χ0) is 19.1. The molecule has 2 fully saturated rings. The molecule has 2 heterocycles. The van der Waals surface area contributed by atoms with Crippen LogP contribution >= 0.6 is 0 Å². The van der Waals surface area contributed by atoms with Crippen LogP contribution in [-0.4, -0.2) is 71.9 Å². The van der Waals surface area contributed by atoms with Crippen molar-refractivity contribution < 1.29 is 24.2 Å². The summed E-state index contributed by atoms with van der Waals surface area (Å²) in [5, 5.41) is 8.85. The topological polar surface area (TPSA) is 79.3 Å². The first-order valence-electron chi connectivity index (χ1n) is 9.65. The quantitative estimate of drug-likeness (QED) is 0.821. The van der Waals surface area contributed by atoms with Crippen LogP contribution in [0.2, 0.25) is 0 Å². The normalized spacial score (nSPS) is 19.8. The van der Waals surface area contributed by atoms with Crippen LogP contribution in [0, 0.1) is 0 Å². The van der Waals surface area contributed by atoms with Gasteiger partial charge in [-0.1, -0.05) is 30.3 Å². The largest absolute Gasteiger partial charge is 0.480 e. The summed E-state index contributed by atoms with van der Waals surface area (Å²) in [6.07, 6.45) is 3.46. The lowest BCUT2D eigenvalue weighted by molar-refractivity contribution is -0.139. The molecule has 27 heavy (non-hydrogen) atoms. The van der Waals surface area contributed by atoms with Gasteiger partial charge in [0.25, 0.3) is 0 Å². The second-order valence-corrected chi connectivity index (χ2v) is 7.23. The predicted octanol–water partition coefficient (Wildman–Crippen LogP) is 2.35. The maximum atomic E-state index is 12.2. The van der Waals surface area contributed by atoms with Gasteiger partial charge in [-0.25, -0.2) is 4.79 Å². The van der Waals surface area contributed by atoms with E-state index in [1.165, 1.54) is 0 Å². The summed E-state index contributed by atoms with van der Waals surface area (Å²) in [6, 6.07) is 9.67. The standard InChI is InChI=1S/C20H28N2O5/c23-19(24)14-21-10-6-17(7-11-21)27-18-8-12-22(13-9-18)20(25)26-15-16-4-2-1-3-5-16/h1-5,17-18H,6-15H2,(H,23,24). The highest BCUT2D eigenvalue weighted by molar-refractivity contribution is 5.69. The summed E-state index contributed by atoms with van der Waals surface area (Å²) in [5.74, 6) is -0.777. The molecule has 3 rings (SSSR count). The first-order valence-corrected chi connectivity index (χ1v) is 9.65. The average molecular weight is 376 g/mol. The highest BCUT2D eigenvalue weighted by atomic mass is 16.6. The predicted molar refractivity (Wildman–Crippen MR) is 99.4 cm³/mol. The number of carbonyl (C=O) groups is 2. The first kappa shape index (κ1) is 19.6. The molecule has 0 unspecified atom stereocenters. The third kappa shape index (κ3) is 6.22. The Morgan fingerprint density at radius 2 is 1.56 bits per heavy atom. The summed E-state index contributed by atoms with van der Waals surface area (Å²) >= 11 is 0. The van der Waals surface area contributed by atoms with Crippen LogP contribution in [0.15, 0.2) is 30.3 Å². The summed E-state index contributed by atoms with van der Waals surface area (Å²) in [6.45, 7) is 3.23. The van der Waals surface area contributed by atoms with Crippen molar-refractivity contribution in [3.8, 4) is 0 Å². The Morgan fingerprint density at radius 1 is 0.963 bits per heavy atom. The van der Waals surface area contributed by atoms with Crippen molar-refractivity contribution in [2.24, 2.45) is 0 Å². The van der Waals surface area contributed by atoms with E-state index in [1.807, 2.05) is 35.2 Å². The van der Waals surface area contributed by atoms with Crippen molar-refractivity contribution in [1.82, 2.24) is 9.80 Å². The fourth-order valence-corrected chi connectivity index (χ4v) is 3.65. The molecular weight excluding hydrogens is 348 g/mol. The molecule has 1 aromatic rings. The summed E-state index contributed by atoms with van der Waals surface area (Å²) in [4.78, 5) is 26.7. The number of ether oxygens (including phenoxy) is 2. The van der Waals surface area contributed by atoms with Crippen LogP contribution < -0.4 is 0 Å². The number of hydrogen-bond donors (Lipinski definition) is 1. The van der Waals surface area contributed by atoms with E-state index in [-0.39, 0.29) is 24.8 Å². The molecule has 1 aromatic carbocycles.